The summed E-state index contributed by atoms with van der Waals surface area (Å²) in [6, 6.07) is 17.3. The van der Waals surface area contributed by atoms with Crippen molar-refractivity contribution in [1.29, 1.82) is 0 Å². The molecule has 1 amide bonds. The number of carbonyl (C=O) groups is 1. The second-order valence-corrected chi connectivity index (χ2v) is 7.74. The number of amides is 1. The van der Waals surface area contributed by atoms with Crippen molar-refractivity contribution in [3.05, 3.63) is 83.8 Å². The summed E-state index contributed by atoms with van der Waals surface area (Å²) in [5, 5.41) is 5.95. The number of carbonyl (C=O) groups excluding carboxylic acids is 1. The molecule has 1 saturated carbocycles. The van der Waals surface area contributed by atoms with E-state index >= 15 is 0 Å². The fourth-order valence-electron chi connectivity index (χ4n) is 3.77. The van der Waals surface area contributed by atoms with Crippen LogP contribution in [0.4, 0.5) is 15.9 Å². The highest BCUT2D eigenvalue weighted by Crippen LogP contribution is 2.24. The number of hydrogen-bond acceptors (Lipinski definition) is 4. The molecule has 0 saturated heterocycles. The summed E-state index contributed by atoms with van der Waals surface area (Å²) < 4.78 is 19.6. The van der Waals surface area contributed by atoms with Gasteiger partial charge in [0.05, 0.1) is 11.7 Å². The van der Waals surface area contributed by atoms with Crippen LogP contribution in [0, 0.1) is 5.82 Å². The Balaban J connectivity index is 1.39. The lowest BCUT2D eigenvalue weighted by Gasteiger charge is -2.23. The maximum atomic E-state index is 13.5. The third-order valence-corrected chi connectivity index (χ3v) is 5.35. The SMILES string of the molecule is O=C(NCc1cccc(OC2CCCCC2)c1)c1cccnc1Nc1cccc(F)c1. The first-order valence-corrected chi connectivity index (χ1v) is 10.7. The van der Waals surface area contributed by atoms with Crippen molar-refractivity contribution in [2.45, 2.75) is 44.8 Å². The zero-order chi connectivity index (χ0) is 21.5. The van der Waals surface area contributed by atoms with Gasteiger partial charge in [-0.15, -0.1) is 0 Å². The predicted octanol–water partition coefficient (Wildman–Crippen LogP) is 5.61. The van der Waals surface area contributed by atoms with Gasteiger partial charge in [-0.3, -0.25) is 4.79 Å². The van der Waals surface area contributed by atoms with Crippen LogP contribution in [0.1, 0.15) is 48.0 Å². The van der Waals surface area contributed by atoms with Crippen LogP contribution in [0.3, 0.4) is 0 Å². The van der Waals surface area contributed by atoms with Crippen molar-refractivity contribution < 1.29 is 13.9 Å². The van der Waals surface area contributed by atoms with Crippen molar-refractivity contribution in [1.82, 2.24) is 10.3 Å². The number of benzene rings is 2. The first-order chi connectivity index (χ1) is 15.2. The Hall–Kier alpha value is -3.41. The van der Waals surface area contributed by atoms with Gasteiger partial charge in [0.25, 0.3) is 5.91 Å². The molecule has 4 rings (SSSR count). The van der Waals surface area contributed by atoms with Crippen molar-refractivity contribution in [3.63, 3.8) is 0 Å². The van der Waals surface area contributed by atoms with Gasteiger partial charge in [-0.05, 0) is 73.7 Å². The average Bonchev–Trinajstić information content (AvgIpc) is 2.79. The minimum atomic E-state index is -0.359. The van der Waals surface area contributed by atoms with Gasteiger partial charge in [0, 0.05) is 18.4 Å². The molecule has 0 aliphatic heterocycles. The zero-order valence-electron chi connectivity index (χ0n) is 17.3. The molecule has 1 aliphatic carbocycles. The van der Waals surface area contributed by atoms with E-state index in [-0.39, 0.29) is 17.8 Å². The molecule has 160 valence electrons. The third-order valence-electron chi connectivity index (χ3n) is 5.35. The zero-order valence-corrected chi connectivity index (χ0v) is 17.3. The molecular formula is C25H26FN3O2. The minimum absolute atomic E-state index is 0.259. The fraction of sp³-hybridized carbons (Fsp3) is 0.280. The largest absolute Gasteiger partial charge is 0.490 e. The molecule has 1 aliphatic rings. The summed E-state index contributed by atoms with van der Waals surface area (Å²) in [5.41, 5.74) is 1.88. The number of anilines is 2. The molecule has 1 fully saturated rings. The lowest BCUT2D eigenvalue weighted by atomic mass is 9.98. The summed E-state index contributed by atoms with van der Waals surface area (Å²) >= 11 is 0. The topological polar surface area (TPSA) is 63.2 Å². The van der Waals surface area contributed by atoms with Gasteiger partial charge in [0.15, 0.2) is 0 Å². The van der Waals surface area contributed by atoms with Crippen LogP contribution >= 0.6 is 0 Å². The minimum Gasteiger partial charge on any atom is -0.490 e. The Bertz CT molecular complexity index is 1030. The lowest BCUT2D eigenvalue weighted by Crippen LogP contribution is -2.24. The van der Waals surface area contributed by atoms with E-state index in [1.165, 1.54) is 31.4 Å². The first-order valence-electron chi connectivity index (χ1n) is 10.7. The summed E-state index contributed by atoms with van der Waals surface area (Å²) in [6.45, 7) is 0.370. The number of nitrogens with one attached hydrogen (secondary N) is 2. The van der Waals surface area contributed by atoms with E-state index in [0.717, 1.165) is 24.2 Å². The van der Waals surface area contributed by atoms with E-state index in [1.807, 2.05) is 24.3 Å². The number of hydrogen-bond donors (Lipinski definition) is 2. The second kappa shape index (κ2) is 10.1. The number of nitrogens with zero attached hydrogens (tertiary/aromatic N) is 1. The molecule has 1 heterocycles. The van der Waals surface area contributed by atoms with E-state index < -0.39 is 0 Å². The second-order valence-electron chi connectivity index (χ2n) is 7.74. The highest BCUT2D eigenvalue weighted by atomic mass is 19.1. The van der Waals surface area contributed by atoms with Crippen molar-refractivity contribution in [3.8, 4) is 5.75 Å². The van der Waals surface area contributed by atoms with Crippen LogP contribution in [-0.4, -0.2) is 17.0 Å². The van der Waals surface area contributed by atoms with Gasteiger partial charge >= 0.3 is 0 Å². The normalized spacial score (nSPS) is 14.1. The van der Waals surface area contributed by atoms with E-state index in [0.29, 0.717) is 23.6 Å². The first kappa shape index (κ1) is 20.8. The van der Waals surface area contributed by atoms with Crippen molar-refractivity contribution in [2.75, 3.05) is 5.32 Å². The smallest absolute Gasteiger partial charge is 0.255 e. The monoisotopic (exact) mass is 419 g/mol. The molecule has 0 atom stereocenters. The fourth-order valence-corrected chi connectivity index (χ4v) is 3.77. The molecule has 3 aromatic rings. The molecule has 0 spiro atoms. The molecule has 2 aromatic carbocycles. The Labute approximate surface area is 181 Å². The molecule has 5 nitrogen and oxygen atoms in total. The van der Waals surface area contributed by atoms with Gasteiger partial charge in [-0.1, -0.05) is 24.6 Å². The average molecular weight is 420 g/mol. The van der Waals surface area contributed by atoms with E-state index in [1.54, 1.807) is 30.5 Å². The van der Waals surface area contributed by atoms with E-state index in [9.17, 15) is 9.18 Å². The third kappa shape index (κ3) is 5.81. The summed E-state index contributed by atoms with van der Waals surface area (Å²) in [7, 11) is 0. The molecule has 2 N–H and O–H groups in total. The standard InChI is InChI=1S/C25H26FN3O2/c26-19-8-5-9-20(16-19)29-24-23(13-6-14-27-24)25(30)28-17-18-7-4-12-22(15-18)31-21-10-2-1-3-11-21/h4-9,12-16,21H,1-3,10-11,17H2,(H,27,29)(H,28,30). The van der Waals surface area contributed by atoms with Crippen LogP contribution in [-0.2, 0) is 6.54 Å². The summed E-state index contributed by atoms with van der Waals surface area (Å²) in [6.07, 6.45) is 7.80. The number of ether oxygens (including phenoxy) is 1. The predicted molar refractivity (Wildman–Crippen MR) is 119 cm³/mol. The van der Waals surface area contributed by atoms with Gasteiger partial charge in [-0.2, -0.15) is 0 Å². The number of aromatic nitrogens is 1. The van der Waals surface area contributed by atoms with Crippen LogP contribution in [0.2, 0.25) is 0 Å². The maximum Gasteiger partial charge on any atom is 0.255 e. The quantitative estimate of drug-likeness (QED) is 0.523. The highest BCUT2D eigenvalue weighted by Gasteiger charge is 2.15. The molecule has 31 heavy (non-hydrogen) atoms. The maximum absolute atomic E-state index is 13.5. The van der Waals surface area contributed by atoms with Gasteiger partial charge in [0.2, 0.25) is 0 Å². The molecule has 1 aromatic heterocycles. The summed E-state index contributed by atoms with van der Waals surface area (Å²) in [5.74, 6) is 0.598. The highest BCUT2D eigenvalue weighted by molar-refractivity contribution is 5.99. The number of pyridine rings is 1. The molecular weight excluding hydrogens is 393 g/mol. The molecule has 0 unspecified atom stereocenters. The Morgan fingerprint density at radius 1 is 1.03 bits per heavy atom. The van der Waals surface area contributed by atoms with Crippen molar-refractivity contribution >= 4 is 17.4 Å². The Morgan fingerprint density at radius 2 is 1.87 bits per heavy atom. The van der Waals surface area contributed by atoms with E-state index in [4.69, 9.17) is 4.74 Å². The van der Waals surface area contributed by atoms with E-state index in [2.05, 4.69) is 15.6 Å². The molecule has 6 heteroatoms. The van der Waals surface area contributed by atoms with Crippen LogP contribution < -0.4 is 15.4 Å². The van der Waals surface area contributed by atoms with Crippen LogP contribution in [0.25, 0.3) is 0 Å². The van der Waals surface area contributed by atoms with Gasteiger partial charge < -0.3 is 15.4 Å². The summed E-state index contributed by atoms with van der Waals surface area (Å²) in [4.78, 5) is 17.0. The van der Waals surface area contributed by atoms with Gasteiger partial charge in [-0.25, -0.2) is 9.37 Å². The van der Waals surface area contributed by atoms with Crippen molar-refractivity contribution in [2.24, 2.45) is 0 Å². The van der Waals surface area contributed by atoms with Crippen LogP contribution in [0.15, 0.2) is 66.9 Å². The molecule has 0 bridgehead atoms. The molecule has 0 radical (unpaired) electrons. The van der Waals surface area contributed by atoms with Crippen LogP contribution in [0.5, 0.6) is 5.75 Å². The lowest BCUT2D eigenvalue weighted by molar-refractivity contribution is 0.0951. The Morgan fingerprint density at radius 3 is 2.71 bits per heavy atom. The number of rotatable bonds is 7. The Kier molecular flexibility index (Phi) is 6.77. The van der Waals surface area contributed by atoms with Gasteiger partial charge in [0.1, 0.15) is 17.4 Å². The number of halogens is 1.